The van der Waals surface area contributed by atoms with Crippen LogP contribution in [0.3, 0.4) is 0 Å². The van der Waals surface area contributed by atoms with Gasteiger partial charge in [0.1, 0.15) is 0 Å². The number of sulfonamides is 1. The molecule has 1 N–H and O–H groups in total. The zero-order valence-electron chi connectivity index (χ0n) is 11.2. The van der Waals surface area contributed by atoms with Crippen molar-refractivity contribution < 1.29 is 8.42 Å². The van der Waals surface area contributed by atoms with Crippen LogP contribution in [-0.4, -0.2) is 30.5 Å². The molecule has 1 aromatic heterocycles. The quantitative estimate of drug-likeness (QED) is 0.928. The minimum atomic E-state index is -3.59. The van der Waals surface area contributed by atoms with Crippen LogP contribution in [0.1, 0.15) is 38.8 Å². The lowest BCUT2D eigenvalue weighted by atomic mass is 10.0. The van der Waals surface area contributed by atoms with Gasteiger partial charge in [0.05, 0.1) is 5.69 Å². The fourth-order valence-electron chi connectivity index (χ4n) is 2.38. The summed E-state index contributed by atoms with van der Waals surface area (Å²) < 4.78 is 25.2. The van der Waals surface area contributed by atoms with Gasteiger partial charge in [-0.2, -0.15) is 0 Å². The van der Waals surface area contributed by atoms with Gasteiger partial charge in [0.25, 0.3) is 10.0 Å². The van der Waals surface area contributed by atoms with E-state index in [0.29, 0.717) is 5.69 Å². The highest BCUT2D eigenvalue weighted by Crippen LogP contribution is 2.28. The van der Waals surface area contributed by atoms with Gasteiger partial charge in [-0.1, -0.05) is 29.4 Å². The number of piperidine rings is 1. The van der Waals surface area contributed by atoms with Crippen molar-refractivity contribution >= 4 is 33.0 Å². The number of thiazole rings is 1. The van der Waals surface area contributed by atoms with Crippen LogP contribution >= 0.6 is 22.9 Å². The third-order valence-electron chi connectivity index (χ3n) is 3.39. The Bertz CT molecular complexity index is 548. The summed E-state index contributed by atoms with van der Waals surface area (Å²) in [6.07, 6.45) is 3.12. The van der Waals surface area contributed by atoms with Crippen LogP contribution in [0.2, 0.25) is 4.47 Å². The lowest BCUT2D eigenvalue weighted by Crippen LogP contribution is -2.53. The molecule has 0 amide bonds. The van der Waals surface area contributed by atoms with Crippen molar-refractivity contribution in [2.24, 2.45) is 0 Å². The third kappa shape index (κ3) is 3.28. The molecular weight excluding hydrogens is 306 g/mol. The van der Waals surface area contributed by atoms with E-state index in [-0.39, 0.29) is 20.8 Å². The third-order valence-corrected chi connectivity index (χ3v) is 6.59. The molecule has 2 heterocycles. The van der Waals surface area contributed by atoms with Gasteiger partial charge in [-0.05, 0) is 33.6 Å². The highest BCUT2D eigenvalue weighted by molar-refractivity contribution is 7.91. The van der Waals surface area contributed by atoms with Crippen molar-refractivity contribution in [3.63, 3.8) is 0 Å². The number of nitrogens with one attached hydrogen (secondary N) is 1. The Morgan fingerprint density at radius 2 is 1.95 bits per heavy atom. The molecule has 1 aromatic rings. The maximum Gasteiger partial charge on any atom is 0.264 e. The summed E-state index contributed by atoms with van der Waals surface area (Å²) in [4.78, 5) is 6.64. The zero-order chi connectivity index (χ0) is 14.2. The van der Waals surface area contributed by atoms with E-state index in [4.69, 9.17) is 11.6 Å². The molecule has 5 nitrogen and oxygen atoms in total. The topological polar surface area (TPSA) is 62.3 Å². The van der Waals surface area contributed by atoms with Gasteiger partial charge in [-0.15, -0.1) is 4.83 Å². The molecule has 0 spiro atoms. The molecule has 1 aliphatic rings. The van der Waals surface area contributed by atoms with Crippen LogP contribution in [0.4, 0.5) is 0 Å². The number of aromatic nitrogens is 1. The number of hydrazine groups is 1. The van der Waals surface area contributed by atoms with Crippen LogP contribution < -0.4 is 4.83 Å². The molecule has 2 unspecified atom stereocenters. The molecule has 0 aliphatic carbocycles. The SMILES string of the molecule is Cc1nc(Cl)sc1S(=O)(=O)NN1C(C)CCCC1C. The second kappa shape index (κ2) is 5.65. The molecular formula is C11H18ClN3O2S2. The number of hydrogen-bond acceptors (Lipinski definition) is 5. The average molecular weight is 324 g/mol. The Balaban J connectivity index is 2.23. The second-order valence-electron chi connectivity index (χ2n) is 4.97. The summed E-state index contributed by atoms with van der Waals surface area (Å²) in [5, 5.41) is 1.83. The molecule has 0 aromatic carbocycles. The number of aryl methyl sites for hydroxylation is 1. The Kier molecular flexibility index (Phi) is 4.52. The maximum absolute atomic E-state index is 12.4. The largest absolute Gasteiger partial charge is 0.264 e. The van der Waals surface area contributed by atoms with Gasteiger partial charge in [0.15, 0.2) is 8.68 Å². The lowest BCUT2D eigenvalue weighted by Gasteiger charge is -2.38. The standard InChI is InChI=1S/C11H18ClN3O2S2/c1-7-5-4-6-8(2)15(7)14-19(16,17)10-9(3)13-11(12)18-10/h7-8,14H,4-6H2,1-3H3. The fraction of sp³-hybridized carbons (Fsp3) is 0.727. The predicted octanol–water partition coefficient (Wildman–Crippen LogP) is 2.56. The summed E-state index contributed by atoms with van der Waals surface area (Å²) in [5.41, 5.74) is 0.444. The van der Waals surface area contributed by atoms with Gasteiger partial charge in [-0.25, -0.2) is 18.4 Å². The van der Waals surface area contributed by atoms with Gasteiger partial charge in [-0.3, -0.25) is 0 Å². The number of rotatable bonds is 3. The molecule has 0 bridgehead atoms. The van der Waals surface area contributed by atoms with Crippen molar-refractivity contribution in [1.29, 1.82) is 0 Å². The van der Waals surface area contributed by atoms with E-state index in [2.05, 4.69) is 9.82 Å². The number of halogens is 1. The highest BCUT2D eigenvalue weighted by Gasteiger charge is 2.31. The van der Waals surface area contributed by atoms with E-state index in [0.717, 1.165) is 30.6 Å². The zero-order valence-corrected chi connectivity index (χ0v) is 13.6. The van der Waals surface area contributed by atoms with Crippen molar-refractivity contribution in [1.82, 2.24) is 14.8 Å². The first-order valence-corrected chi connectivity index (χ1v) is 8.92. The summed E-state index contributed by atoms with van der Waals surface area (Å²) in [6, 6.07) is 0.393. The Hall–Kier alpha value is -0.210. The van der Waals surface area contributed by atoms with Crippen LogP contribution in [0.15, 0.2) is 4.21 Å². The summed E-state index contributed by atoms with van der Waals surface area (Å²) in [6.45, 7) is 5.72. The molecule has 2 rings (SSSR count). The maximum atomic E-state index is 12.4. The fourth-order valence-corrected chi connectivity index (χ4v) is 5.35. The normalized spacial score (nSPS) is 25.7. The van der Waals surface area contributed by atoms with Crippen molar-refractivity contribution in [3.05, 3.63) is 10.2 Å². The molecule has 19 heavy (non-hydrogen) atoms. The van der Waals surface area contributed by atoms with Crippen LogP contribution in [0, 0.1) is 6.92 Å². The minimum Gasteiger partial charge on any atom is -0.229 e. The van der Waals surface area contributed by atoms with Gasteiger partial charge in [0.2, 0.25) is 0 Å². The van der Waals surface area contributed by atoms with E-state index in [1.165, 1.54) is 0 Å². The molecule has 1 aliphatic heterocycles. The van der Waals surface area contributed by atoms with Crippen molar-refractivity contribution in [2.45, 2.75) is 56.3 Å². The van der Waals surface area contributed by atoms with E-state index >= 15 is 0 Å². The van der Waals surface area contributed by atoms with Gasteiger partial charge in [0, 0.05) is 12.1 Å². The minimum absolute atomic E-state index is 0.197. The number of hydrogen-bond donors (Lipinski definition) is 1. The van der Waals surface area contributed by atoms with Gasteiger partial charge < -0.3 is 0 Å². The Labute approximate surface area is 123 Å². The van der Waals surface area contributed by atoms with E-state index < -0.39 is 10.0 Å². The first-order valence-electron chi connectivity index (χ1n) is 6.25. The Morgan fingerprint density at radius 3 is 2.42 bits per heavy atom. The molecule has 2 atom stereocenters. The predicted molar refractivity (Wildman–Crippen MR) is 76.8 cm³/mol. The lowest BCUT2D eigenvalue weighted by molar-refractivity contribution is 0.0791. The van der Waals surface area contributed by atoms with E-state index in [1.807, 2.05) is 18.9 Å². The summed E-state index contributed by atoms with van der Waals surface area (Å²) in [7, 11) is -3.59. The van der Waals surface area contributed by atoms with Crippen LogP contribution in [0.25, 0.3) is 0 Å². The molecule has 0 saturated carbocycles. The van der Waals surface area contributed by atoms with Crippen molar-refractivity contribution in [3.8, 4) is 0 Å². The smallest absolute Gasteiger partial charge is 0.229 e. The van der Waals surface area contributed by atoms with Crippen molar-refractivity contribution in [2.75, 3.05) is 0 Å². The molecule has 8 heteroatoms. The average Bonchev–Trinajstić information content (AvgIpc) is 2.64. The van der Waals surface area contributed by atoms with Gasteiger partial charge >= 0.3 is 0 Å². The Morgan fingerprint density at radius 1 is 1.37 bits per heavy atom. The summed E-state index contributed by atoms with van der Waals surface area (Å²) in [5.74, 6) is 0. The number of nitrogens with zero attached hydrogens (tertiary/aromatic N) is 2. The van der Waals surface area contributed by atoms with Crippen LogP contribution in [0.5, 0.6) is 0 Å². The molecule has 1 saturated heterocycles. The molecule has 1 fully saturated rings. The molecule has 108 valence electrons. The van der Waals surface area contributed by atoms with E-state index in [1.54, 1.807) is 6.92 Å². The molecule has 0 radical (unpaired) electrons. The van der Waals surface area contributed by atoms with Crippen LogP contribution in [-0.2, 0) is 10.0 Å². The first kappa shape index (κ1) is 15.2. The van der Waals surface area contributed by atoms with E-state index in [9.17, 15) is 8.42 Å². The summed E-state index contributed by atoms with van der Waals surface area (Å²) >= 11 is 6.76. The first-order chi connectivity index (χ1) is 8.81. The highest BCUT2D eigenvalue weighted by atomic mass is 35.5. The monoisotopic (exact) mass is 323 g/mol. The second-order valence-corrected chi connectivity index (χ2v) is 8.41.